The average Bonchev–Trinajstić information content (AvgIpc) is 3.42. The maximum Gasteiger partial charge on any atom is 0.325 e. The zero-order valence-electron chi connectivity index (χ0n) is 15.0. The van der Waals surface area contributed by atoms with E-state index in [1.165, 1.54) is 6.26 Å². The number of carbonyl (C=O) groups excluding carboxylic acids is 3. The predicted octanol–water partition coefficient (Wildman–Crippen LogP) is 1.53. The maximum atomic E-state index is 12.6. The Bertz CT molecular complexity index is 895. The fourth-order valence-corrected chi connectivity index (χ4v) is 3.11. The van der Waals surface area contributed by atoms with Crippen LogP contribution < -0.4 is 20.1 Å². The molecular weight excluding hydrogens is 366 g/mol. The summed E-state index contributed by atoms with van der Waals surface area (Å²) in [6.07, 6.45) is 1.88. The lowest BCUT2D eigenvalue weighted by atomic mass is 10.1. The Kier molecular flexibility index (Phi) is 4.88. The molecule has 3 heterocycles. The summed E-state index contributed by atoms with van der Waals surface area (Å²) >= 11 is 0. The van der Waals surface area contributed by atoms with Crippen molar-refractivity contribution in [1.82, 2.24) is 15.5 Å². The normalized spacial score (nSPS) is 17.7. The third kappa shape index (κ3) is 3.78. The Labute approximate surface area is 160 Å². The molecule has 1 aromatic heterocycles. The van der Waals surface area contributed by atoms with Crippen LogP contribution in [0.25, 0.3) is 0 Å². The van der Waals surface area contributed by atoms with Crippen LogP contribution in [0, 0.1) is 0 Å². The minimum absolute atomic E-state index is 0.120. The van der Waals surface area contributed by atoms with Crippen molar-refractivity contribution < 1.29 is 28.3 Å². The first-order chi connectivity index (χ1) is 13.6. The second-order valence-corrected chi connectivity index (χ2v) is 6.51. The second-order valence-electron chi connectivity index (χ2n) is 6.51. The van der Waals surface area contributed by atoms with Gasteiger partial charge in [0.25, 0.3) is 5.91 Å². The summed E-state index contributed by atoms with van der Waals surface area (Å²) in [5.74, 6) is 1.32. The molecule has 28 heavy (non-hydrogen) atoms. The van der Waals surface area contributed by atoms with Gasteiger partial charge in [0, 0.05) is 6.42 Å². The van der Waals surface area contributed by atoms with Crippen LogP contribution in [0.4, 0.5) is 4.79 Å². The molecule has 0 bridgehead atoms. The molecule has 9 nitrogen and oxygen atoms in total. The van der Waals surface area contributed by atoms with Crippen molar-refractivity contribution in [1.29, 1.82) is 0 Å². The Morgan fingerprint density at radius 1 is 1.21 bits per heavy atom. The molecule has 4 rings (SSSR count). The molecule has 1 atom stereocenters. The van der Waals surface area contributed by atoms with E-state index in [-0.39, 0.29) is 44.5 Å². The van der Waals surface area contributed by atoms with Gasteiger partial charge in [-0.2, -0.15) is 0 Å². The minimum Gasteiger partial charge on any atom is -0.467 e. The van der Waals surface area contributed by atoms with Gasteiger partial charge in [-0.3, -0.25) is 14.5 Å². The number of furan rings is 1. The highest BCUT2D eigenvalue weighted by atomic mass is 16.7. The van der Waals surface area contributed by atoms with Gasteiger partial charge in [-0.1, -0.05) is 6.07 Å². The first-order valence-electron chi connectivity index (χ1n) is 8.89. The number of benzene rings is 1. The molecule has 1 fully saturated rings. The van der Waals surface area contributed by atoms with Crippen molar-refractivity contribution in [2.24, 2.45) is 0 Å². The van der Waals surface area contributed by atoms with E-state index in [2.05, 4.69) is 10.6 Å². The van der Waals surface area contributed by atoms with Crippen molar-refractivity contribution >= 4 is 17.8 Å². The van der Waals surface area contributed by atoms with Gasteiger partial charge in [0.1, 0.15) is 11.8 Å². The molecule has 2 aliphatic rings. The molecule has 4 amide bonds. The molecule has 1 aromatic carbocycles. The number of hydrogen-bond donors (Lipinski definition) is 2. The number of nitrogens with one attached hydrogen (secondary N) is 2. The van der Waals surface area contributed by atoms with Crippen LogP contribution in [-0.2, 0) is 22.7 Å². The summed E-state index contributed by atoms with van der Waals surface area (Å²) in [7, 11) is 0. The van der Waals surface area contributed by atoms with E-state index >= 15 is 0 Å². The number of amides is 4. The average molecular weight is 385 g/mol. The van der Waals surface area contributed by atoms with Crippen LogP contribution in [0.15, 0.2) is 41.0 Å². The molecule has 146 valence electrons. The van der Waals surface area contributed by atoms with Gasteiger partial charge in [-0.25, -0.2) is 4.79 Å². The third-order valence-electron chi connectivity index (χ3n) is 4.58. The van der Waals surface area contributed by atoms with Gasteiger partial charge in [0.05, 0.1) is 19.4 Å². The van der Waals surface area contributed by atoms with E-state index in [0.29, 0.717) is 17.3 Å². The number of urea groups is 1. The Balaban J connectivity index is 1.29. The Morgan fingerprint density at radius 2 is 2.07 bits per heavy atom. The quantitative estimate of drug-likeness (QED) is 0.700. The van der Waals surface area contributed by atoms with Crippen molar-refractivity contribution in [3.8, 4) is 11.5 Å². The monoisotopic (exact) mass is 385 g/mol. The lowest BCUT2D eigenvalue weighted by Gasteiger charge is -2.13. The standard InChI is InChI=1S/C19H19N3O6/c23-17(20-9-13-2-1-7-26-13)6-4-14-18(24)22(19(25)21-14)10-12-3-5-15-16(8-12)28-11-27-15/h1-3,5,7-8,14H,4,6,9-11H2,(H,20,23)(H,21,25)/t14-/m1/s1. The van der Waals surface area contributed by atoms with E-state index in [1.807, 2.05) is 0 Å². The fourth-order valence-electron chi connectivity index (χ4n) is 3.11. The number of rotatable bonds is 7. The molecule has 2 aromatic rings. The molecule has 2 aliphatic heterocycles. The number of ether oxygens (including phenoxy) is 2. The largest absolute Gasteiger partial charge is 0.467 e. The second kappa shape index (κ2) is 7.63. The number of carbonyl (C=O) groups is 3. The summed E-state index contributed by atoms with van der Waals surface area (Å²) in [5.41, 5.74) is 0.754. The highest BCUT2D eigenvalue weighted by Crippen LogP contribution is 2.33. The van der Waals surface area contributed by atoms with Gasteiger partial charge in [0.15, 0.2) is 11.5 Å². The van der Waals surface area contributed by atoms with E-state index in [1.54, 1.807) is 30.3 Å². The lowest BCUT2D eigenvalue weighted by Crippen LogP contribution is -2.32. The third-order valence-corrected chi connectivity index (χ3v) is 4.58. The van der Waals surface area contributed by atoms with Crippen molar-refractivity contribution in [2.75, 3.05) is 6.79 Å². The highest BCUT2D eigenvalue weighted by molar-refractivity contribution is 6.04. The molecule has 0 unspecified atom stereocenters. The molecule has 0 radical (unpaired) electrons. The topological polar surface area (TPSA) is 110 Å². The van der Waals surface area contributed by atoms with Gasteiger partial charge in [-0.15, -0.1) is 0 Å². The van der Waals surface area contributed by atoms with Crippen LogP contribution in [0.3, 0.4) is 0 Å². The first-order valence-corrected chi connectivity index (χ1v) is 8.89. The van der Waals surface area contributed by atoms with Gasteiger partial charge in [0.2, 0.25) is 12.7 Å². The SMILES string of the molecule is O=C(CC[C@H]1NC(=O)N(Cc2ccc3c(c2)OCO3)C1=O)NCc1ccco1. The van der Waals surface area contributed by atoms with E-state index in [4.69, 9.17) is 13.9 Å². The van der Waals surface area contributed by atoms with Crippen molar-refractivity contribution in [2.45, 2.75) is 32.0 Å². The van der Waals surface area contributed by atoms with Crippen LogP contribution in [0.1, 0.15) is 24.2 Å². The molecule has 9 heteroatoms. The molecule has 0 spiro atoms. The number of nitrogens with zero attached hydrogens (tertiary/aromatic N) is 1. The zero-order valence-corrected chi connectivity index (χ0v) is 15.0. The molecular formula is C19H19N3O6. The summed E-state index contributed by atoms with van der Waals surface area (Å²) in [4.78, 5) is 37.8. The molecule has 1 saturated heterocycles. The number of fused-ring (bicyclic) bond motifs is 1. The number of imide groups is 1. The van der Waals surface area contributed by atoms with Gasteiger partial charge in [-0.05, 0) is 36.2 Å². The minimum atomic E-state index is -0.712. The van der Waals surface area contributed by atoms with Crippen LogP contribution in [0.2, 0.25) is 0 Å². The first kappa shape index (κ1) is 17.9. The van der Waals surface area contributed by atoms with E-state index < -0.39 is 12.1 Å². The predicted molar refractivity (Wildman–Crippen MR) is 95.2 cm³/mol. The van der Waals surface area contributed by atoms with Crippen LogP contribution in [-0.4, -0.2) is 35.6 Å². The van der Waals surface area contributed by atoms with Crippen LogP contribution >= 0.6 is 0 Å². The number of hydrogen-bond acceptors (Lipinski definition) is 6. The Morgan fingerprint density at radius 3 is 2.89 bits per heavy atom. The summed E-state index contributed by atoms with van der Waals surface area (Å²) in [6.45, 7) is 0.571. The summed E-state index contributed by atoms with van der Waals surface area (Å²) < 4.78 is 15.7. The molecule has 0 saturated carbocycles. The van der Waals surface area contributed by atoms with Crippen molar-refractivity contribution in [3.63, 3.8) is 0 Å². The zero-order chi connectivity index (χ0) is 19.5. The van der Waals surface area contributed by atoms with E-state index in [9.17, 15) is 14.4 Å². The summed E-state index contributed by atoms with van der Waals surface area (Å²) in [5, 5.41) is 5.35. The Hall–Kier alpha value is -3.49. The smallest absolute Gasteiger partial charge is 0.325 e. The van der Waals surface area contributed by atoms with Crippen molar-refractivity contribution in [3.05, 3.63) is 47.9 Å². The highest BCUT2D eigenvalue weighted by Gasteiger charge is 2.38. The van der Waals surface area contributed by atoms with Gasteiger partial charge < -0.3 is 24.5 Å². The van der Waals surface area contributed by atoms with E-state index in [0.717, 1.165) is 10.5 Å². The molecule has 2 N–H and O–H groups in total. The maximum absolute atomic E-state index is 12.6. The van der Waals surface area contributed by atoms with Gasteiger partial charge >= 0.3 is 6.03 Å². The lowest BCUT2D eigenvalue weighted by molar-refractivity contribution is -0.128. The van der Waals surface area contributed by atoms with Crippen LogP contribution in [0.5, 0.6) is 11.5 Å². The molecule has 0 aliphatic carbocycles. The fraction of sp³-hybridized carbons (Fsp3) is 0.316. The summed E-state index contributed by atoms with van der Waals surface area (Å²) in [6, 6.07) is 7.59.